The van der Waals surface area contributed by atoms with Crippen LogP contribution in [-0.2, 0) is 4.79 Å². The van der Waals surface area contributed by atoms with E-state index in [9.17, 15) is 4.79 Å². The number of hydrogen-bond donors (Lipinski definition) is 2. The minimum atomic E-state index is -0.244. The standard InChI is InChI=1S/C11H23NO2S/c1-8(2)10(15)11(14)12(9(3)4)6-5-7-13/h8-10,13,15H,5-7H2,1-4H3. The second-order valence-electron chi connectivity index (χ2n) is 4.39. The molecule has 0 aliphatic rings. The van der Waals surface area contributed by atoms with E-state index in [0.29, 0.717) is 13.0 Å². The summed E-state index contributed by atoms with van der Waals surface area (Å²) >= 11 is 4.32. The lowest BCUT2D eigenvalue weighted by atomic mass is 10.1. The van der Waals surface area contributed by atoms with Crippen LogP contribution in [0.15, 0.2) is 0 Å². The smallest absolute Gasteiger partial charge is 0.235 e. The van der Waals surface area contributed by atoms with Crippen molar-refractivity contribution >= 4 is 18.5 Å². The highest BCUT2D eigenvalue weighted by atomic mass is 32.1. The summed E-state index contributed by atoms with van der Waals surface area (Å²) in [5.41, 5.74) is 0. The second kappa shape index (κ2) is 7.12. The van der Waals surface area contributed by atoms with Gasteiger partial charge in [0.25, 0.3) is 0 Å². The molecule has 0 saturated carbocycles. The highest BCUT2D eigenvalue weighted by molar-refractivity contribution is 7.81. The van der Waals surface area contributed by atoms with Gasteiger partial charge in [-0.2, -0.15) is 12.6 Å². The van der Waals surface area contributed by atoms with Crippen LogP contribution in [-0.4, -0.2) is 40.4 Å². The number of hydrogen-bond acceptors (Lipinski definition) is 3. The average molecular weight is 233 g/mol. The molecule has 1 unspecified atom stereocenters. The maximum absolute atomic E-state index is 12.0. The molecule has 0 radical (unpaired) electrons. The van der Waals surface area contributed by atoms with Crippen molar-refractivity contribution in [2.45, 2.75) is 45.4 Å². The Kier molecular flexibility index (Phi) is 7.02. The SMILES string of the molecule is CC(C)C(S)C(=O)N(CCCO)C(C)C. The van der Waals surface area contributed by atoms with E-state index >= 15 is 0 Å². The van der Waals surface area contributed by atoms with Gasteiger partial charge in [-0.25, -0.2) is 0 Å². The number of carbonyl (C=O) groups excluding carboxylic acids is 1. The van der Waals surface area contributed by atoms with Crippen molar-refractivity contribution in [1.29, 1.82) is 0 Å². The minimum Gasteiger partial charge on any atom is -0.396 e. The van der Waals surface area contributed by atoms with E-state index in [1.807, 2.05) is 27.7 Å². The Morgan fingerprint density at radius 2 is 1.87 bits per heavy atom. The van der Waals surface area contributed by atoms with Crippen molar-refractivity contribution in [1.82, 2.24) is 4.90 Å². The van der Waals surface area contributed by atoms with E-state index in [4.69, 9.17) is 5.11 Å². The van der Waals surface area contributed by atoms with Gasteiger partial charge in [-0.05, 0) is 26.2 Å². The van der Waals surface area contributed by atoms with E-state index in [2.05, 4.69) is 12.6 Å². The van der Waals surface area contributed by atoms with Gasteiger partial charge in [-0.3, -0.25) is 4.79 Å². The summed E-state index contributed by atoms with van der Waals surface area (Å²) in [5.74, 6) is 0.299. The highest BCUT2D eigenvalue weighted by Gasteiger charge is 2.25. The molecule has 0 aromatic heterocycles. The Labute approximate surface area is 98.3 Å². The van der Waals surface area contributed by atoms with Gasteiger partial charge in [0.2, 0.25) is 5.91 Å². The van der Waals surface area contributed by atoms with Crippen molar-refractivity contribution in [3.05, 3.63) is 0 Å². The minimum absolute atomic E-state index is 0.0665. The van der Waals surface area contributed by atoms with Crippen LogP contribution in [0.2, 0.25) is 0 Å². The molecule has 4 heteroatoms. The van der Waals surface area contributed by atoms with Gasteiger partial charge in [0, 0.05) is 19.2 Å². The van der Waals surface area contributed by atoms with Crippen LogP contribution in [0.1, 0.15) is 34.1 Å². The first-order valence-corrected chi connectivity index (χ1v) is 6.02. The Balaban J connectivity index is 4.41. The highest BCUT2D eigenvalue weighted by Crippen LogP contribution is 2.14. The van der Waals surface area contributed by atoms with Gasteiger partial charge in [-0.15, -0.1) is 0 Å². The molecule has 0 aromatic carbocycles. The predicted molar refractivity (Wildman–Crippen MR) is 66.2 cm³/mol. The van der Waals surface area contributed by atoms with E-state index in [-0.39, 0.29) is 29.7 Å². The fraction of sp³-hybridized carbons (Fsp3) is 0.909. The molecule has 1 N–H and O–H groups in total. The van der Waals surface area contributed by atoms with Crippen molar-refractivity contribution in [3.63, 3.8) is 0 Å². The van der Waals surface area contributed by atoms with Crippen LogP contribution >= 0.6 is 12.6 Å². The van der Waals surface area contributed by atoms with Crippen molar-refractivity contribution in [2.24, 2.45) is 5.92 Å². The van der Waals surface area contributed by atoms with Crippen molar-refractivity contribution in [2.75, 3.05) is 13.2 Å². The molecular weight excluding hydrogens is 210 g/mol. The molecule has 0 bridgehead atoms. The van der Waals surface area contributed by atoms with Gasteiger partial charge in [0.1, 0.15) is 0 Å². The molecule has 1 atom stereocenters. The lowest BCUT2D eigenvalue weighted by Gasteiger charge is -2.30. The van der Waals surface area contributed by atoms with Gasteiger partial charge in [0.05, 0.1) is 5.25 Å². The molecule has 0 rings (SSSR count). The summed E-state index contributed by atoms with van der Waals surface area (Å²) < 4.78 is 0. The summed E-state index contributed by atoms with van der Waals surface area (Å²) in [6.07, 6.45) is 0.627. The Morgan fingerprint density at radius 3 is 2.20 bits per heavy atom. The number of rotatable bonds is 6. The molecule has 3 nitrogen and oxygen atoms in total. The molecule has 90 valence electrons. The Bertz CT molecular complexity index is 195. The lowest BCUT2D eigenvalue weighted by Crippen LogP contribution is -2.43. The zero-order chi connectivity index (χ0) is 12.0. The predicted octanol–water partition coefficient (Wildman–Crippen LogP) is 1.56. The molecule has 0 aliphatic carbocycles. The largest absolute Gasteiger partial charge is 0.396 e. The summed E-state index contributed by atoms with van der Waals surface area (Å²) in [6.45, 7) is 8.67. The summed E-state index contributed by atoms with van der Waals surface area (Å²) in [4.78, 5) is 13.8. The Hall–Kier alpha value is -0.220. The van der Waals surface area contributed by atoms with Gasteiger partial charge >= 0.3 is 0 Å². The normalized spacial score (nSPS) is 13.3. The van der Waals surface area contributed by atoms with E-state index in [0.717, 1.165) is 0 Å². The summed E-state index contributed by atoms with van der Waals surface area (Å²) in [6, 6.07) is 0.164. The van der Waals surface area contributed by atoms with E-state index in [1.54, 1.807) is 4.90 Å². The first-order chi connectivity index (χ1) is 6.91. The molecule has 0 aromatic rings. The Morgan fingerprint density at radius 1 is 1.33 bits per heavy atom. The number of carbonyl (C=O) groups is 1. The molecule has 0 saturated heterocycles. The van der Waals surface area contributed by atoms with E-state index in [1.165, 1.54) is 0 Å². The number of thiol groups is 1. The zero-order valence-electron chi connectivity index (χ0n) is 10.1. The van der Waals surface area contributed by atoms with Gasteiger partial charge in [0.15, 0.2) is 0 Å². The van der Waals surface area contributed by atoms with E-state index < -0.39 is 0 Å². The summed E-state index contributed by atoms with van der Waals surface area (Å²) in [7, 11) is 0. The fourth-order valence-electron chi connectivity index (χ4n) is 1.32. The molecule has 0 aliphatic heterocycles. The molecule has 0 spiro atoms. The average Bonchev–Trinajstić information content (AvgIpc) is 2.16. The van der Waals surface area contributed by atoms with Gasteiger partial charge in [-0.1, -0.05) is 13.8 Å². The van der Waals surface area contributed by atoms with Crippen LogP contribution in [0.3, 0.4) is 0 Å². The monoisotopic (exact) mass is 233 g/mol. The van der Waals surface area contributed by atoms with Crippen LogP contribution in [0.4, 0.5) is 0 Å². The van der Waals surface area contributed by atoms with Crippen LogP contribution in [0.25, 0.3) is 0 Å². The van der Waals surface area contributed by atoms with Crippen LogP contribution < -0.4 is 0 Å². The number of aliphatic hydroxyl groups is 1. The summed E-state index contributed by atoms with van der Waals surface area (Å²) in [5, 5.41) is 8.53. The third-order valence-corrected chi connectivity index (χ3v) is 3.17. The quantitative estimate of drug-likeness (QED) is 0.684. The van der Waals surface area contributed by atoms with Crippen molar-refractivity contribution in [3.8, 4) is 0 Å². The first kappa shape index (κ1) is 14.8. The fourth-order valence-corrected chi connectivity index (χ4v) is 1.47. The van der Waals surface area contributed by atoms with Crippen LogP contribution in [0.5, 0.6) is 0 Å². The van der Waals surface area contributed by atoms with Gasteiger partial charge < -0.3 is 10.0 Å². The number of aliphatic hydroxyl groups excluding tert-OH is 1. The zero-order valence-corrected chi connectivity index (χ0v) is 11.0. The molecule has 0 heterocycles. The van der Waals surface area contributed by atoms with Crippen LogP contribution in [0, 0.1) is 5.92 Å². The molecule has 1 amide bonds. The van der Waals surface area contributed by atoms with Crippen molar-refractivity contribution < 1.29 is 9.90 Å². The third-order valence-electron chi connectivity index (χ3n) is 2.35. The molecule has 15 heavy (non-hydrogen) atoms. The molecule has 0 fully saturated rings. The number of amides is 1. The first-order valence-electron chi connectivity index (χ1n) is 5.51. The number of nitrogens with zero attached hydrogens (tertiary/aromatic N) is 1. The molecular formula is C11H23NO2S. The second-order valence-corrected chi connectivity index (χ2v) is 4.95. The lowest BCUT2D eigenvalue weighted by molar-refractivity contribution is -0.133. The maximum atomic E-state index is 12.0. The third kappa shape index (κ3) is 4.89. The topological polar surface area (TPSA) is 40.5 Å². The maximum Gasteiger partial charge on any atom is 0.235 e.